The molecule has 1 amide bonds. The number of rotatable bonds is 5. The highest BCUT2D eigenvalue weighted by Crippen LogP contribution is 2.24. The van der Waals surface area contributed by atoms with Crippen LogP contribution in [0.2, 0.25) is 0 Å². The highest BCUT2D eigenvalue weighted by atomic mass is 16.5. The molecular formula is C22H19N3O2. The molecule has 0 aliphatic carbocycles. The summed E-state index contributed by atoms with van der Waals surface area (Å²) in [6, 6.07) is 19.0. The number of ether oxygens (including phenoxy) is 1. The van der Waals surface area contributed by atoms with Gasteiger partial charge in [-0.05, 0) is 42.8 Å². The van der Waals surface area contributed by atoms with E-state index in [4.69, 9.17) is 4.74 Å². The van der Waals surface area contributed by atoms with Gasteiger partial charge >= 0.3 is 0 Å². The molecule has 4 rings (SSSR count). The standard InChI is InChI=1S/C22H19N3O2/c1-16-14-25(21-8-3-2-7-20(16)21)15-22(26)24-17-5-4-6-19(13-17)27-18-9-11-23-12-10-18/h2-14H,15H2,1H3,(H,24,26). The van der Waals surface area contributed by atoms with Crippen LogP contribution in [0.3, 0.4) is 0 Å². The first-order valence-corrected chi connectivity index (χ1v) is 8.71. The fourth-order valence-corrected chi connectivity index (χ4v) is 3.10. The van der Waals surface area contributed by atoms with E-state index in [9.17, 15) is 4.79 Å². The van der Waals surface area contributed by atoms with Gasteiger partial charge in [-0.1, -0.05) is 24.3 Å². The number of carbonyl (C=O) groups excluding carboxylic acids is 1. The van der Waals surface area contributed by atoms with Gasteiger partial charge in [-0.15, -0.1) is 0 Å². The Morgan fingerprint density at radius 3 is 2.70 bits per heavy atom. The molecule has 5 nitrogen and oxygen atoms in total. The Morgan fingerprint density at radius 1 is 1.04 bits per heavy atom. The van der Waals surface area contributed by atoms with Crippen LogP contribution in [-0.4, -0.2) is 15.5 Å². The molecule has 0 fully saturated rings. The van der Waals surface area contributed by atoms with Crippen LogP contribution in [0.5, 0.6) is 11.5 Å². The molecule has 4 aromatic rings. The monoisotopic (exact) mass is 357 g/mol. The van der Waals surface area contributed by atoms with Crippen molar-refractivity contribution >= 4 is 22.5 Å². The van der Waals surface area contributed by atoms with Crippen LogP contribution < -0.4 is 10.1 Å². The predicted octanol–water partition coefficient (Wildman–Crippen LogP) is 4.78. The lowest BCUT2D eigenvalue weighted by Gasteiger charge is -2.10. The van der Waals surface area contributed by atoms with Gasteiger partial charge in [-0.3, -0.25) is 9.78 Å². The van der Waals surface area contributed by atoms with E-state index >= 15 is 0 Å². The highest BCUT2D eigenvalue weighted by Gasteiger charge is 2.09. The van der Waals surface area contributed by atoms with Crippen molar-refractivity contribution in [2.45, 2.75) is 13.5 Å². The molecule has 0 radical (unpaired) electrons. The lowest BCUT2D eigenvalue weighted by molar-refractivity contribution is -0.116. The van der Waals surface area contributed by atoms with E-state index in [0.29, 0.717) is 17.2 Å². The number of aryl methyl sites for hydroxylation is 1. The minimum absolute atomic E-state index is 0.0863. The second-order valence-electron chi connectivity index (χ2n) is 6.32. The molecule has 0 unspecified atom stereocenters. The van der Waals surface area contributed by atoms with Gasteiger partial charge in [0.05, 0.1) is 0 Å². The number of benzene rings is 2. The molecule has 0 saturated carbocycles. The third kappa shape index (κ3) is 3.82. The summed E-state index contributed by atoms with van der Waals surface area (Å²) in [7, 11) is 0. The van der Waals surface area contributed by atoms with Gasteiger partial charge in [-0.2, -0.15) is 0 Å². The first-order chi connectivity index (χ1) is 13.2. The Morgan fingerprint density at radius 2 is 1.85 bits per heavy atom. The summed E-state index contributed by atoms with van der Waals surface area (Å²) in [5, 5.41) is 4.10. The van der Waals surface area contributed by atoms with Crippen LogP contribution in [0, 0.1) is 6.92 Å². The Labute approximate surface area is 157 Å². The Balaban J connectivity index is 1.47. The Kier molecular flexibility index (Phi) is 4.58. The Bertz CT molecular complexity index is 1090. The van der Waals surface area contributed by atoms with E-state index in [-0.39, 0.29) is 12.5 Å². The van der Waals surface area contributed by atoms with E-state index in [1.165, 1.54) is 0 Å². The average molecular weight is 357 g/mol. The second kappa shape index (κ2) is 7.33. The van der Waals surface area contributed by atoms with Crippen molar-refractivity contribution in [1.82, 2.24) is 9.55 Å². The smallest absolute Gasteiger partial charge is 0.244 e. The number of anilines is 1. The van der Waals surface area contributed by atoms with E-state index < -0.39 is 0 Å². The number of fused-ring (bicyclic) bond motifs is 1. The van der Waals surface area contributed by atoms with Crippen molar-refractivity contribution in [3.05, 3.63) is 84.8 Å². The summed E-state index contributed by atoms with van der Waals surface area (Å²) < 4.78 is 7.75. The zero-order chi connectivity index (χ0) is 18.6. The maximum Gasteiger partial charge on any atom is 0.244 e. The molecule has 2 heterocycles. The summed E-state index contributed by atoms with van der Waals surface area (Å²) >= 11 is 0. The van der Waals surface area contributed by atoms with Crippen LogP contribution in [-0.2, 0) is 11.3 Å². The van der Waals surface area contributed by atoms with Crippen molar-refractivity contribution in [2.75, 3.05) is 5.32 Å². The van der Waals surface area contributed by atoms with Gasteiger partial charge in [0, 0.05) is 41.2 Å². The lowest BCUT2D eigenvalue weighted by Crippen LogP contribution is -2.18. The van der Waals surface area contributed by atoms with Gasteiger partial charge in [0.1, 0.15) is 18.0 Å². The molecule has 0 saturated heterocycles. The number of carbonyl (C=O) groups is 1. The second-order valence-corrected chi connectivity index (χ2v) is 6.32. The molecule has 0 aliphatic heterocycles. The SMILES string of the molecule is Cc1cn(CC(=O)Nc2cccc(Oc3ccncc3)c2)c2ccccc12. The van der Waals surface area contributed by atoms with Crippen LogP contribution in [0.25, 0.3) is 10.9 Å². The lowest BCUT2D eigenvalue weighted by atomic mass is 10.2. The van der Waals surface area contributed by atoms with Crippen LogP contribution in [0.4, 0.5) is 5.69 Å². The summed E-state index contributed by atoms with van der Waals surface area (Å²) in [4.78, 5) is 16.5. The highest BCUT2D eigenvalue weighted by molar-refractivity contribution is 5.92. The summed E-state index contributed by atoms with van der Waals surface area (Å²) in [6.07, 6.45) is 5.35. The van der Waals surface area contributed by atoms with Crippen molar-refractivity contribution in [3.8, 4) is 11.5 Å². The van der Waals surface area contributed by atoms with Gasteiger partial charge in [0.25, 0.3) is 0 Å². The summed E-state index contributed by atoms with van der Waals surface area (Å²) in [6.45, 7) is 2.31. The third-order valence-electron chi connectivity index (χ3n) is 4.30. The number of para-hydroxylation sites is 1. The molecule has 1 N–H and O–H groups in total. The molecule has 0 spiro atoms. The average Bonchev–Trinajstić information content (AvgIpc) is 2.99. The maximum absolute atomic E-state index is 12.5. The predicted molar refractivity (Wildman–Crippen MR) is 106 cm³/mol. The number of hydrogen-bond donors (Lipinski definition) is 1. The van der Waals surface area contributed by atoms with E-state index in [0.717, 1.165) is 16.5 Å². The fraction of sp³-hybridized carbons (Fsp3) is 0.0909. The zero-order valence-corrected chi connectivity index (χ0v) is 14.9. The number of nitrogens with zero attached hydrogens (tertiary/aromatic N) is 2. The van der Waals surface area contributed by atoms with Crippen molar-refractivity contribution in [1.29, 1.82) is 0 Å². The first-order valence-electron chi connectivity index (χ1n) is 8.71. The van der Waals surface area contributed by atoms with Crippen LogP contribution in [0.1, 0.15) is 5.56 Å². The number of nitrogens with one attached hydrogen (secondary N) is 1. The molecule has 2 aromatic carbocycles. The normalized spacial score (nSPS) is 10.7. The van der Waals surface area contributed by atoms with Crippen molar-refractivity contribution in [2.24, 2.45) is 0 Å². The topological polar surface area (TPSA) is 56.2 Å². The van der Waals surface area contributed by atoms with Crippen molar-refractivity contribution < 1.29 is 9.53 Å². The number of pyridine rings is 1. The number of amides is 1. The van der Waals surface area contributed by atoms with Gasteiger partial charge in [0.2, 0.25) is 5.91 Å². The molecule has 0 bridgehead atoms. The third-order valence-corrected chi connectivity index (χ3v) is 4.30. The minimum atomic E-state index is -0.0863. The fourth-order valence-electron chi connectivity index (χ4n) is 3.10. The van der Waals surface area contributed by atoms with Crippen LogP contribution >= 0.6 is 0 Å². The summed E-state index contributed by atoms with van der Waals surface area (Å²) in [5.74, 6) is 1.26. The molecule has 0 atom stereocenters. The summed E-state index contributed by atoms with van der Waals surface area (Å²) in [5.41, 5.74) is 2.91. The van der Waals surface area contributed by atoms with E-state index in [2.05, 4.69) is 23.3 Å². The van der Waals surface area contributed by atoms with E-state index in [1.807, 2.05) is 47.2 Å². The molecule has 27 heavy (non-hydrogen) atoms. The van der Waals surface area contributed by atoms with Gasteiger partial charge in [0.15, 0.2) is 0 Å². The molecular weight excluding hydrogens is 338 g/mol. The first kappa shape index (κ1) is 16.8. The zero-order valence-electron chi connectivity index (χ0n) is 14.9. The largest absolute Gasteiger partial charge is 0.457 e. The minimum Gasteiger partial charge on any atom is -0.457 e. The molecule has 134 valence electrons. The van der Waals surface area contributed by atoms with Crippen molar-refractivity contribution in [3.63, 3.8) is 0 Å². The van der Waals surface area contributed by atoms with Gasteiger partial charge in [-0.25, -0.2) is 0 Å². The van der Waals surface area contributed by atoms with Gasteiger partial charge < -0.3 is 14.6 Å². The number of hydrogen-bond acceptors (Lipinski definition) is 3. The van der Waals surface area contributed by atoms with E-state index in [1.54, 1.807) is 30.6 Å². The molecule has 2 aromatic heterocycles. The maximum atomic E-state index is 12.5. The molecule has 5 heteroatoms. The quantitative estimate of drug-likeness (QED) is 0.559. The Hall–Kier alpha value is -3.60. The van der Waals surface area contributed by atoms with Crippen LogP contribution in [0.15, 0.2) is 79.3 Å². The molecule has 0 aliphatic rings. The number of aromatic nitrogens is 2.